The summed E-state index contributed by atoms with van der Waals surface area (Å²) < 4.78 is 20.3. The van der Waals surface area contributed by atoms with Gasteiger partial charge in [-0.05, 0) is 19.1 Å². The minimum absolute atomic E-state index is 0.0680. The molecular weight excluding hydrogens is 353 g/mol. The molecule has 0 unspecified atom stereocenters. The van der Waals surface area contributed by atoms with Gasteiger partial charge in [0.1, 0.15) is 23.3 Å². The Labute approximate surface area is 147 Å². The molecule has 2 atom stereocenters. The first-order chi connectivity index (χ1) is 11.6. The number of pyridine rings is 1. The van der Waals surface area contributed by atoms with Crippen LogP contribution in [0.25, 0.3) is 10.9 Å². The van der Waals surface area contributed by atoms with E-state index in [1.807, 2.05) is 11.2 Å². The smallest absolute Gasteiger partial charge is 0.228 e. The highest BCUT2D eigenvalue weighted by Crippen LogP contribution is 2.41. The quantitative estimate of drug-likeness (QED) is 0.436. The normalized spacial score (nSPS) is 22.5. The van der Waals surface area contributed by atoms with Crippen molar-refractivity contribution in [2.45, 2.75) is 24.0 Å². The van der Waals surface area contributed by atoms with E-state index in [1.54, 1.807) is 0 Å². The van der Waals surface area contributed by atoms with Gasteiger partial charge < -0.3 is 9.64 Å². The highest BCUT2D eigenvalue weighted by Gasteiger charge is 2.35. The molecule has 0 aromatic carbocycles. The SMILES string of the molecule is CSc1nc2c3c(nc(Cl)c(F)c3n1)OC[C@@H]1CC[C@@H](C#N)CN21. The maximum absolute atomic E-state index is 14.5. The average molecular weight is 366 g/mol. The van der Waals surface area contributed by atoms with E-state index < -0.39 is 5.82 Å². The van der Waals surface area contributed by atoms with Crippen molar-refractivity contribution in [3.8, 4) is 11.9 Å². The predicted octanol–water partition coefficient (Wildman–Crippen LogP) is 3.04. The van der Waals surface area contributed by atoms with E-state index in [4.69, 9.17) is 16.3 Å². The van der Waals surface area contributed by atoms with E-state index in [9.17, 15) is 9.65 Å². The van der Waals surface area contributed by atoms with Crippen molar-refractivity contribution >= 4 is 40.1 Å². The van der Waals surface area contributed by atoms with Crippen LogP contribution in [0.15, 0.2) is 5.16 Å². The minimum atomic E-state index is -0.676. The molecule has 0 aliphatic carbocycles. The molecule has 0 N–H and O–H groups in total. The fourth-order valence-electron chi connectivity index (χ4n) is 3.22. The van der Waals surface area contributed by atoms with Crippen LogP contribution in [0, 0.1) is 23.1 Å². The number of hydrogen-bond donors (Lipinski definition) is 0. The number of fused-ring (bicyclic) bond motifs is 2. The summed E-state index contributed by atoms with van der Waals surface area (Å²) in [6, 6.07) is 2.39. The van der Waals surface area contributed by atoms with Crippen LogP contribution in [0.5, 0.6) is 5.88 Å². The molecule has 124 valence electrons. The van der Waals surface area contributed by atoms with Crippen molar-refractivity contribution in [2.75, 3.05) is 24.3 Å². The number of piperidine rings is 1. The third-order valence-corrected chi connectivity index (χ3v) is 5.23. The summed E-state index contributed by atoms with van der Waals surface area (Å²) >= 11 is 7.23. The maximum atomic E-state index is 14.5. The zero-order valence-corrected chi connectivity index (χ0v) is 14.4. The summed E-state index contributed by atoms with van der Waals surface area (Å²) in [5, 5.41) is 9.90. The lowest BCUT2D eigenvalue weighted by molar-refractivity contribution is 0.251. The summed E-state index contributed by atoms with van der Waals surface area (Å²) in [6.07, 6.45) is 3.44. The second-order valence-corrected chi connectivity index (χ2v) is 6.93. The van der Waals surface area contributed by atoms with Crippen LogP contribution >= 0.6 is 23.4 Å². The molecule has 0 bridgehead atoms. The third kappa shape index (κ3) is 2.34. The van der Waals surface area contributed by atoms with Gasteiger partial charge in [-0.1, -0.05) is 23.4 Å². The Morgan fingerprint density at radius 2 is 2.21 bits per heavy atom. The van der Waals surface area contributed by atoms with Crippen LogP contribution in [-0.4, -0.2) is 40.4 Å². The van der Waals surface area contributed by atoms with Gasteiger partial charge in [0.25, 0.3) is 0 Å². The molecule has 2 aromatic heterocycles. The van der Waals surface area contributed by atoms with Crippen molar-refractivity contribution < 1.29 is 9.13 Å². The van der Waals surface area contributed by atoms with E-state index in [0.29, 0.717) is 29.5 Å². The number of hydrogen-bond acceptors (Lipinski definition) is 7. The van der Waals surface area contributed by atoms with Crippen LogP contribution < -0.4 is 9.64 Å². The van der Waals surface area contributed by atoms with Crippen LogP contribution in [0.4, 0.5) is 10.2 Å². The van der Waals surface area contributed by atoms with Crippen LogP contribution in [-0.2, 0) is 0 Å². The van der Waals surface area contributed by atoms with Crippen molar-refractivity contribution in [2.24, 2.45) is 5.92 Å². The number of aromatic nitrogens is 3. The zero-order valence-electron chi connectivity index (χ0n) is 12.8. The summed E-state index contributed by atoms with van der Waals surface area (Å²) in [6.45, 7) is 0.932. The molecule has 1 fully saturated rings. The molecule has 0 amide bonds. The van der Waals surface area contributed by atoms with Crippen molar-refractivity contribution in [1.29, 1.82) is 5.26 Å². The van der Waals surface area contributed by atoms with Gasteiger partial charge in [0, 0.05) is 6.54 Å². The van der Waals surface area contributed by atoms with E-state index in [0.717, 1.165) is 12.8 Å². The fraction of sp³-hybridized carbons (Fsp3) is 0.467. The molecule has 24 heavy (non-hydrogen) atoms. The van der Waals surface area contributed by atoms with Crippen LogP contribution in [0.3, 0.4) is 0 Å². The highest BCUT2D eigenvalue weighted by molar-refractivity contribution is 7.98. The molecule has 2 aromatic rings. The summed E-state index contributed by atoms with van der Waals surface area (Å²) in [5.41, 5.74) is 0.110. The molecule has 1 saturated heterocycles. The molecule has 9 heteroatoms. The Bertz CT molecular complexity index is 873. The largest absolute Gasteiger partial charge is 0.475 e. The summed E-state index contributed by atoms with van der Waals surface area (Å²) in [7, 11) is 0. The topological polar surface area (TPSA) is 74.9 Å². The summed E-state index contributed by atoms with van der Waals surface area (Å²) in [5.74, 6) is 0.0627. The standard InChI is InChI=1S/C15H13ClFN5OS/c1-24-15-19-11-9-13(21-15)22-5-7(4-18)2-3-8(22)6-23-14(9)20-12(16)10(11)17/h7-8H,2-3,5-6H2,1H3/t7-,8-/m0/s1. The predicted molar refractivity (Wildman–Crippen MR) is 89.0 cm³/mol. The van der Waals surface area contributed by atoms with Gasteiger partial charge in [0.15, 0.2) is 16.1 Å². The molecule has 0 spiro atoms. The number of anilines is 1. The second kappa shape index (κ2) is 5.90. The van der Waals surface area contributed by atoms with E-state index >= 15 is 0 Å². The van der Waals surface area contributed by atoms with Gasteiger partial charge in [-0.25, -0.2) is 14.4 Å². The van der Waals surface area contributed by atoms with Crippen LogP contribution in [0.2, 0.25) is 5.15 Å². The number of nitrogens with zero attached hydrogens (tertiary/aromatic N) is 5. The monoisotopic (exact) mass is 365 g/mol. The van der Waals surface area contributed by atoms with Gasteiger partial charge >= 0.3 is 0 Å². The van der Waals surface area contributed by atoms with E-state index in [1.165, 1.54) is 11.8 Å². The van der Waals surface area contributed by atoms with E-state index in [-0.39, 0.29) is 28.5 Å². The Morgan fingerprint density at radius 3 is 2.96 bits per heavy atom. The van der Waals surface area contributed by atoms with E-state index in [2.05, 4.69) is 21.0 Å². The maximum Gasteiger partial charge on any atom is 0.228 e. The van der Waals surface area contributed by atoms with Gasteiger partial charge in [-0.2, -0.15) is 10.2 Å². The molecule has 2 aliphatic heterocycles. The van der Waals surface area contributed by atoms with Crippen molar-refractivity contribution in [3.63, 3.8) is 0 Å². The number of halogens is 2. The average Bonchev–Trinajstić information content (AvgIpc) is 2.76. The molecule has 4 heterocycles. The number of nitriles is 1. The van der Waals surface area contributed by atoms with Gasteiger partial charge in [0.05, 0.1) is 18.0 Å². The first-order valence-electron chi connectivity index (χ1n) is 7.52. The zero-order chi connectivity index (χ0) is 16.8. The lowest BCUT2D eigenvalue weighted by atomic mass is 9.94. The Kier molecular flexibility index (Phi) is 3.85. The Morgan fingerprint density at radius 1 is 1.38 bits per heavy atom. The summed E-state index contributed by atoms with van der Waals surface area (Å²) in [4.78, 5) is 14.9. The fourth-order valence-corrected chi connectivity index (χ4v) is 3.75. The molecule has 6 nitrogen and oxygen atoms in total. The Balaban J connectivity index is 2.00. The minimum Gasteiger partial charge on any atom is -0.475 e. The molecular formula is C15H13ClFN5OS. The van der Waals surface area contributed by atoms with Gasteiger partial charge in [0.2, 0.25) is 5.88 Å². The lowest BCUT2D eigenvalue weighted by Crippen LogP contribution is -2.46. The number of thioether (sulfide) groups is 1. The molecule has 0 saturated carbocycles. The van der Waals surface area contributed by atoms with Crippen LogP contribution in [0.1, 0.15) is 12.8 Å². The first kappa shape index (κ1) is 15.7. The van der Waals surface area contributed by atoms with Crippen molar-refractivity contribution in [1.82, 2.24) is 15.0 Å². The highest BCUT2D eigenvalue weighted by atomic mass is 35.5. The number of rotatable bonds is 1. The van der Waals surface area contributed by atoms with Gasteiger partial charge in [-0.3, -0.25) is 0 Å². The molecule has 0 radical (unpaired) electrons. The molecule has 4 rings (SSSR count). The van der Waals surface area contributed by atoms with Crippen molar-refractivity contribution in [3.05, 3.63) is 11.0 Å². The lowest BCUT2D eigenvalue weighted by Gasteiger charge is -2.37. The third-order valence-electron chi connectivity index (χ3n) is 4.43. The second-order valence-electron chi connectivity index (χ2n) is 5.80. The van der Waals surface area contributed by atoms with Gasteiger partial charge in [-0.15, -0.1) is 0 Å². The number of ether oxygens (including phenoxy) is 1. The first-order valence-corrected chi connectivity index (χ1v) is 9.12. The Hall–Kier alpha value is -1.85. The molecule has 2 aliphatic rings.